The summed E-state index contributed by atoms with van der Waals surface area (Å²) in [6.07, 6.45) is 0.917. The van der Waals surface area contributed by atoms with E-state index in [9.17, 15) is 0 Å². The number of hydrogen-bond acceptors (Lipinski definition) is 3. The van der Waals surface area contributed by atoms with E-state index in [2.05, 4.69) is 17.2 Å². The number of aryl methyl sites for hydroxylation is 1. The number of pyridine rings is 1. The lowest BCUT2D eigenvalue weighted by atomic mass is 10.2. The van der Waals surface area contributed by atoms with Gasteiger partial charge in [-0.25, -0.2) is 4.98 Å². The number of benzene rings is 1. The van der Waals surface area contributed by atoms with Gasteiger partial charge in [0, 0.05) is 11.1 Å². The fourth-order valence-electron chi connectivity index (χ4n) is 1.98. The number of halogens is 2. The molecule has 1 heterocycles. The van der Waals surface area contributed by atoms with Crippen LogP contribution in [0.15, 0.2) is 18.2 Å². The summed E-state index contributed by atoms with van der Waals surface area (Å²) < 4.78 is 5.81. The molecule has 20 heavy (non-hydrogen) atoms. The first-order chi connectivity index (χ1) is 9.63. The predicted octanol–water partition coefficient (Wildman–Crippen LogP) is 4.23. The third kappa shape index (κ3) is 3.54. The Labute approximate surface area is 129 Å². The molecular formula is C15H18Cl2N2O. The molecule has 0 aliphatic carbocycles. The molecule has 0 spiro atoms. The standard InChI is InChI=1S/C15H18Cl2N2O/c1-3-18-7-4-8-20-15-13(17)9-12(16)11-6-5-10(2)19-14(11)15/h5-6,9,18H,3-4,7-8H2,1-2H3. The maximum absolute atomic E-state index is 6.24. The highest BCUT2D eigenvalue weighted by molar-refractivity contribution is 6.39. The predicted molar refractivity (Wildman–Crippen MR) is 85.2 cm³/mol. The van der Waals surface area contributed by atoms with E-state index in [-0.39, 0.29) is 0 Å². The van der Waals surface area contributed by atoms with Gasteiger partial charge in [0.25, 0.3) is 0 Å². The first-order valence-electron chi connectivity index (χ1n) is 6.72. The second kappa shape index (κ2) is 7.11. The van der Waals surface area contributed by atoms with E-state index in [1.54, 1.807) is 6.07 Å². The van der Waals surface area contributed by atoms with Crippen LogP contribution < -0.4 is 10.1 Å². The zero-order chi connectivity index (χ0) is 14.5. The second-order valence-corrected chi connectivity index (χ2v) is 5.39. The highest BCUT2D eigenvalue weighted by atomic mass is 35.5. The fraction of sp³-hybridized carbons (Fsp3) is 0.400. The molecule has 2 aromatic rings. The largest absolute Gasteiger partial charge is 0.490 e. The van der Waals surface area contributed by atoms with E-state index in [0.717, 1.165) is 36.1 Å². The first-order valence-corrected chi connectivity index (χ1v) is 7.48. The minimum Gasteiger partial charge on any atom is -0.490 e. The summed E-state index contributed by atoms with van der Waals surface area (Å²) in [5, 5.41) is 5.22. The Morgan fingerprint density at radius 1 is 1.25 bits per heavy atom. The van der Waals surface area contributed by atoms with Crippen LogP contribution in [0, 0.1) is 6.92 Å². The zero-order valence-electron chi connectivity index (χ0n) is 11.7. The molecule has 1 aromatic carbocycles. The molecule has 2 rings (SSSR count). The van der Waals surface area contributed by atoms with Crippen LogP contribution in [0.25, 0.3) is 10.9 Å². The first kappa shape index (κ1) is 15.4. The van der Waals surface area contributed by atoms with E-state index < -0.39 is 0 Å². The second-order valence-electron chi connectivity index (χ2n) is 4.57. The van der Waals surface area contributed by atoms with Crippen molar-refractivity contribution in [3.8, 4) is 5.75 Å². The quantitative estimate of drug-likeness (QED) is 0.811. The average molecular weight is 313 g/mol. The van der Waals surface area contributed by atoms with Crippen molar-refractivity contribution in [1.82, 2.24) is 10.3 Å². The summed E-state index contributed by atoms with van der Waals surface area (Å²) in [7, 11) is 0. The van der Waals surface area contributed by atoms with Gasteiger partial charge in [-0.05, 0) is 44.6 Å². The van der Waals surface area contributed by atoms with Crippen LogP contribution >= 0.6 is 23.2 Å². The van der Waals surface area contributed by atoms with Crippen molar-refractivity contribution in [2.24, 2.45) is 0 Å². The van der Waals surface area contributed by atoms with E-state index in [1.807, 2.05) is 19.1 Å². The molecule has 3 nitrogen and oxygen atoms in total. The van der Waals surface area contributed by atoms with Crippen molar-refractivity contribution in [3.63, 3.8) is 0 Å². The van der Waals surface area contributed by atoms with Gasteiger partial charge in [-0.15, -0.1) is 0 Å². The molecule has 0 fully saturated rings. The zero-order valence-corrected chi connectivity index (χ0v) is 13.2. The maximum Gasteiger partial charge on any atom is 0.164 e. The molecular weight excluding hydrogens is 295 g/mol. The van der Waals surface area contributed by atoms with Gasteiger partial charge >= 0.3 is 0 Å². The molecule has 0 amide bonds. The van der Waals surface area contributed by atoms with Gasteiger partial charge in [0.1, 0.15) is 5.52 Å². The molecule has 1 aromatic heterocycles. The van der Waals surface area contributed by atoms with Crippen molar-refractivity contribution in [2.75, 3.05) is 19.7 Å². The Morgan fingerprint density at radius 3 is 2.80 bits per heavy atom. The third-order valence-electron chi connectivity index (χ3n) is 2.97. The number of nitrogens with one attached hydrogen (secondary N) is 1. The Morgan fingerprint density at radius 2 is 2.05 bits per heavy atom. The van der Waals surface area contributed by atoms with E-state index in [1.165, 1.54) is 0 Å². The number of fused-ring (bicyclic) bond motifs is 1. The topological polar surface area (TPSA) is 34.1 Å². The number of aromatic nitrogens is 1. The lowest BCUT2D eigenvalue weighted by Gasteiger charge is -2.12. The van der Waals surface area contributed by atoms with Crippen LogP contribution in [0.5, 0.6) is 5.75 Å². The van der Waals surface area contributed by atoms with Gasteiger partial charge in [0.2, 0.25) is 0 Å². The normalized spacial score (nSPS) is 11.0. The van der Waals surface area contributed by atoms with Crippen molar-refractivity contribution in [1.29, 1.82) is 0 Å². The molecule has 108 valence electrons. The van der Waals surface area contributed by atoms with Crippen molar-refractivity contribution in [3.05, 3.63) is 33.9 Å². The van der Waals surface area contributed by atoms with Crippen LogP contribution in [-0.4, -0.2) is 24.7 Å². The molecule has 0 aliphatic rings. The van der Waals surface area contributed by atoms with Crippen LogP contribution in [0.3, 0.4) is 0 Å². The van der Waals surface area contributed by atoms with Gasteiger partial charge in [-0.2, -0.15) is 0 Å². The molecule has 5 heteroatoms. The molecule has 0 atom stereocenters. The van der Waals surface area contributed by atoms with Gasteiger partial charge in [0.05, 0.1) is 16.7 Å². The molecule has 0 aliphatic heterocycles. The fourth-order valence-corrected chi connectivity index (χ4v) is 2.55. The molecule has 0 saturated heterocycles. The Kier molecular flexibility index (Phi) is 5.46. The lowest BCUT2D eigenvalue weighted by molar-refractivity contribution is 0.312. The summed E-state index contributed by atoms with van der Waals surface area (Å²) in [5.41, 5.74) is 1.64. The number of ether oxygens (including phenoxy) is 1. The smallest absolute Gasteiger partial charge is 0.164 e. The summed E-state index contributed by atoms with van der Waals surface area (Å²) >= 11 is 12.4. The Balaban J connectivity index is 2.25. The van der Waals surface area contributed by atoms with Crippen molar-refractivity contribution in [2.45, 2.75) is 20.3 Å². The van der Waals surface area contributed by atoms with Crippen LogP contribution in [0.2, 0.25) is 10.0 Å². The Bertz CT molecular complexity index is 602. The minimum absolute atomic E-state index is 0.504. The summed E-state index contributed by atoms with van der Waals surface area (Å²) in [5.74, 6) is 0.617. The highest BCUT2D eigenvalue weighted by Crippen LogP contribution is 2.37. The summed E-state index contributed by atoms with van der Waals surface area (Å²) in [4.78, 5) is 4.50. The van der Waals surface area contributed by atoms with E-state index >= 15 is 0 Å². The van der Waals surface area contributed by atoms with Crippen molar-refractivity contribution >= 4 is 34.1 Å². The highest BCUT2D eigenvalue weighted by Gasteiger charge is 2.13. The van der Waals surface area contributed by atoms with Crippen molar-refractivity contribution < 1.29 is 4.74 Å². The average Bonchev–Trinajstić information content (AvgIpc) is 2.41. The monoisotopic (exact) mass is 312 g/mol. The van der Waals surface area contributed by atoms with Gasteiger partial charge in [0.15, 0.2) is 5.75 Å². The number of hydrogen-bond donors (Lipinski definition) is 1. The molecule has 0 unspecified atom stereocenters. The van der Waals surface area contributed by atoms with Gasteiger partial charge < -0.3 is 10.1 Å². The molecule has 0 radical (unpaired) electrons. The molecule has 0 bridgehead atoms. The summed E-state index contributed by atoms with van der Waals surface area (Å²) in [6.45, 7) is 6.50. The number of rotatable bonds is 6. The third-order valence-corrected chi connectivity index (χ3v) is 3.56. The van der Waals surface area contributed by atoms with Gasteiger partial charge in [-0.3, -0.25) is 0 Å². The Hall–Kier alpha value is -1.03. The van der Waals surface area contributed by atoms with Crippen LogP contribution in [-0.2, 0) is 0 Å². The van der Waals surface area contributed by atoms with E-state index in [0.29, 0.717) is 22.4 Å². The van der Waals surface area contributed by atoms with Crippen LogP contribution in [0.4, 0.5) is 0 Å². The van der Waals surface area contributed by atoms with E-state index in [4.69, 9.17) is 27.9 Å². The minimum atomic E-state index is 0.504. The lowest BCUT2D eigenvalue weighted by Crippen LogP contribution is -2.16. The molecule has 1 N–H and O–H groups in total. The number of nitrogens with zero attached hydrogens (tertiary/aromatic N) is 1. The SMILES string of the molecule is CCNCCCOc1c(Cl)cc(Cl)c2ccc(C)nc12. The molecule has 0 saturated carbocycles. The summed E-state index contributed by atoms with van der Waals surface area (Å²) in [6, 6.07) is 5.58. The maximum atomic E-state index is 6.24. The van der Waals surface area contributed by atoms with Gasteiger partial charge in [-0.1, -0.05) is 30.1 Å². The van der Waals surface area contributed by atoms with Crippen LogP contribution in [0.1, 0.15) is 19.0 Å².